The lowest BCUT2D eigenvalue weighted by molar-refractivity contribution is -0.00558. The van der Waals surface area contributed by atoms with E-state index in [2.05, 4.69) is 0 Å². The van der Waals surface area contributed by atoms with Gasteiger partial charge in [-0.1, -0.05) is 19.3 Å². The molecule has 30 heavy (non-hydrogen) atoms. The Hall–Kier alpha value is -1.21. The molecule has 1 heterocycles. The van der Waals surface area contributed by atoms with Crippen molar-refractivity contribution >= 4 is 15.5 Å². The molecule has 1 aliphatic heterocycles. The Bertz CT molecular complexity index is 772. The van der Waals surface area contributed by atoms with Crippen molar-refractivity contribution < 1.29 is 21.9 Å². The third-order valence-corrected chi connectivity index (χ3v) is 8.32. The fraction of sp³-hybridized carbons (Fsp3) is 0.739. The molecule has 1 fully saturated rings. The molecule has 0 radical (unpaired) electrons. The number of hydrogen-bond acceptors (Lipinski definition) is 4. The van der Waals surface area contributed by atoms with Crippen LogP contribution >= 0.6 is 0 Å². The zero-order chi connectivity index (χ0) is 22.5. The van der Waals surface area contributed by atoms with Crippen molar-refractivity contribution in [2.45, 2.75) is 90.1 Å². The second kappa shape index (κ2) is 10.4. The molecule has 0 unspecified atom stereocenters. The van der Waals surface area contributed by atoms with Gasteiger partial charge in [0.05, 0.1) is 22.7 Å². The number of hydrogen-bond donors (Lipinski definition) is 0. The predicted molar refractivity (Wildman–Crippen MR) is 119 cm³/mol. The molecule has 7 heteroatoms. The van der Waals surface area contributed by atoms with E-state index in [9.17, 15) is 17.2 Å². The number of ether oxygens (including phenoxy) is 1. The van der Waals surface area contributed by atoms with Gasteiger partial charge in [0, 0.05) is 13.1 Å². The molecule has 1 aromatic carbocycles. The number of halogens is 2. The molecular formula is C23H37F2NO3S. The highest BCUT2D eigenvalue weighted by Gasteiger charge is 2.28. The molecule has 0 N–H and O–H groups in total. The molecular weight excluding hydrogens is 408 g/mol. The first-order valence-electron chi connectivity index (χ1n) is 11.0. The molecule has 0 saturated carbocycles. The minimum absolute atomic E-state index is 0.0424. The molecule has 0 amide bonds. The van der Waals surface area contributed by atoms with Crippen LogP contribution in [0.5, 0.6) is 0 Å². The van der Waals surface area contributed by atoms with Gasteiger partial charge in [-0.15, -0.1) is 0 Å². The lowest BCUT2D eigenvalue weighted by Crippen LogP contribution is -2.46. The number of morpholine rings is 1. The number of aryl methyl sites for hydroxylation is 1. The third kappa shape index (κ3) is 6.91. The first kappa shape index (κ1) is 25.1. The van der Waals surface area contributed by atoms with Gasteiger partial charge >= 0.3 is 0 Å². The first-order chi connectivity index (χ1) is 13.9. The van der Waals surface area contributed by atoms with E-state index < -0.39 is 26.2 Å². The average molecular weight is 446 g/mol. The summed E-state index contributed by atoms with van der Waals surface area (Å²) in [6, 6.07) is 2.89. The maximum atomic E-state index is 14.7. The second-order valence-electron chi connectivity index (χ2n) is 9.52. The highest BCUT2D eigenvalue weighted by atomic mass is 32.2. The van der Waals surface area contributed by atoms with Crippen LogP contribution in [0.2, 0.25) is 0 Å². The minimum atomic E-state index is -3.06. The highest BCUT2D eigenvalue weighted by molar-refractivity contribution is 7.92. The second-order valence-corrected chi connectivity index (χ2v) is 12.4. The standard InChI is InChI=1S/C23H37F2NO3S/c1-17-15-26(16-18(2)29-17)22-20(24)13-19(14-21(22)25)11-9-7-6-8-10-12-30(27,28)23(3,4)5/h13-14,17-18H,6-12,15-16H2,1-5H3/t17-,18+. The number of nitrogens with zero attached hydrogens (tertiary/aromatic N) is 1. The van der Waals surface area contributed by atoms with E-state index in [-0.39, 0.29) is 23.6 Å². The number of unbranched alkanes of at least 4 members (excludes halogenated alkanes) is 4. The fourth-order valence-electron chi connectivity index (χ4n) is 3.88. The van der Waals surface area contributed by atoms with Crippen molar-refractivity contribution in [1.82, 2.24) is 0 Å². The van der Waals surface area contributed by atoms with Gasteiger partial charge in [-0.25, -0.2) is 17.2 Å². The zero-order valence-corrected chi connectivity index (χ0v) is 19.8. The SMILES string of the molecule is C[C@@H]1CN(c2c(F)cc(CCCCCCCS(=O)(=O)C(C)(C)C)cc2F)C[C@H](C)O1. The number of benzene rings is 1. The Morgan fingerprint density at radius 3 is 2.00 bits per heavy atom. The summed E-state index contributed by atoms with van der Waals surface area (Å²) in [4.78, 5) is 1.74. The van der Waals surface area contributed by atoms with Crippen molar-refractivity contribution in [2.75, 3.05) is 23.7 Å². The largest absolute Gasteiger partial charge is 0.372 e. The summed E-state index contributed by atoms with van der Waals surface area (Å²) >= 11 is 0. The quantitative estimate of drug-likeness (QED) is 0.485. The van der Waals surface area contributed by atoms with Gasteiger partial charge in [-0.3, -0.25) is 0 Å². The van der Waals surface area contributed by atoms with Crippen LogP contribution in [0.15, 0.2) is 12.1 Å². The number of sulfone groups is 1. The van der Waals surface area contributed by atoms with Gasteiger partial charge in [0.1, 0.15) is 17.3 Å². The van der Waals surface area contributed by atoms with Gasteiger partial charge in [0.2, 0.25) is 0 Å². The smallest absolute Gasteiger partial charge is 0.155 e. The molecule has 4 nitrogen and oxygen atoms in total. The molecule has 1 aliphatic rings. The molecule has 0 bridgehead atoms. The van der Waals surface area contributed by atoms with E-state index in [1.54, 1.807) is 25.7 Å². The topological polar surface area (TPSA) is 46.6 Å². The molecule has 172 valence electrons. The highest BCUT2D eigenvalue weighted by Crippen LogP contribution is 2.28. The number of anilines is 1. The molecule has 0 spiro atoms. The first-order valence-corrected chi connectivity index (χ1v) is 12.7. The molecule has 0 aliphatic carbocycles. The molecule has 0 aromatic heterocycles. The third-order valence-electron chi connectivity index (χ3n) is 5.62. The summed E-state index contributed by atoms with van der Waals surface area (Å²) in [5.74, 6) is -0.815. The van der Waals surface area contributed by atoms with E-state index in [0.29, 0.717) is 31.5 Å². The molecule has 1 saturated heterocycles. The Balaban J connectivity index is 1.79. The van der Waals surface area contributed by atoms with Crippen LogP contribution < -0.4 is 4.90 Å². The molecule has 2 rings (SSSR count). The van der Waals surface area contributed by atoms with Gasteiger partial charge < -0.3 is 9.64 Å². The van der Waals surface area contributed by atoms with Crippen molar-refractivity contribution in [3.8, 4) is 0 Å². The normalized spacial score (nSPS) is 20.6. The Kier molecular flexibility index (Phi) is 8.69. The molecule has 2 atom stereocenters. The van der Waals surface area contributed by atoms with Crippen LogP contribution in [-0.2, 0) is 21.0 Å². The summed E-state index contributed by atoms with van der Waals surface area (Å²) in [5, 5.41) is 0. The van der Waals surface area contributed by atoms with E-state index in [0.717, 1.165) is 25.7 Å². The van der Waals surface area contributed by atoms with Crippen molar-refractivity contribution in [3.05, 3.63) is 29.3 Å². The van der Waals surface area contributed by atoms with E-state index >= 15 is 0 Å². The Labute approximate surface area is 180 Å². The monoisotopic (exact) mass is 445 g/mol. The van der Waals surface area contributed by atoms with Crippen molar-refractivity contribution in [2.24, 2.45) is 0 Å². The number of rotatable bonds is 9. The summed E-state index contributed by atoms with van der Waals surface area (Å²) < 4.78 is 58.4. The maximum absolute atomic E-state index is 14.7. The Morgan fingerprint density at radius 2 is 1.47 bits per heavy atom. The Morgan fingerprint density at radius 1 is 0.967 bits per heavy atom. The average Bonchev–Trinajstić information content (AvgIpc) is 2.58. The van der Waals surface area contributed by atoms with Gasteiger partial charge in [0.25, 0.3) is 0 Å². The lowest BCUT2D eigenvalue weighted by Gasteiger charge is -2.37. The lowest BCUT2D eigenvalue weighted by atomic mass is 10.0. The molecule has 1 aromatic rings. The summed E-state index contributed by atoms with van der Waals surface area (Å²) in [6.45, 7) is 9.95. The van der Waals surface area contributed by atoms with E-state index in [1.807, 2.05) is 13.8 Å². The zero-order valence-electron chi connectivity index (χ0n) is 19.0. The minimum Gasteiger partial charge on any atom is -0.372 e. The van der Waals surface area contributed by atoms with Crippen molar-refractivity contribution in [3.63, 3.8) is 0 Å². The summed E-state index contributed by atoms with van der Waals surface area (Å²) in [7, 11) is -3.06. The van der Waals surface area contributed by atoms with Crippen LogP contribution in [0.1, 0.15) is 72.3 Å². The van der Waals surface area contributed by atoms with E-state index in [1.165, 1.54) is 12.1 Å². The van der Waals surface area contributed by atoms with E-state index in [4.69, 9.17) is 4.74 Å². The van der Waals surface area contributed by atoms with Gasteiger partial charge in [0.15, 0.2) is 9.84 Å². The van der Waals surface area contributed by atoms with Crippen LogP contribution in [0, 0.1) is 11.6 Å². The predicted octanol–water partition coefficient (Wildman–Crippen LogP) is 5.28. The van der Waals surface area contributed by atoms with Gasteiger partial charge in [-0.05, 0) is 71.6 Å². The van der Waals surface area contributed by atoms with Crippen LogP contribution in [-0.4, -0.2) is 44.2 Å². The summed E-state index contributed by atoms with van der Waals surface area (Å²) in [5.41, 5.74) is 0.708. The fourth-order valence-corrected chi connectivity index (χ4v) is 5.08. The van der Waals surface area contributed by atoms with Crippen LogP contribution in [0.25, 0.3) is 0 Å². The van der Waals surface area contributed by atoms with Crippen LogP contribution in [0.3, 0.4) is 0 Å². The summed E-state index contributed by atoms with van der Waals surface area (Å²) in [6.07, 6.45) is 4.67. The van der Waals surface area contributed by atoms with Crippen LogP contribution in [0.4, 0.5) is 14.5 Å². The van der Waals surface area contributed by atoms with Crippen molar-refractivity contribution in [1.29, 1.82) is 0 Å². The maximum Gasteiger partial charge on any atom is 0.155 e. The van der Waals surface area contributed by atoms with Gasteiger partial charge in [-0.2, -0.15) is 0 Å².